The van der Waals surface area contributed by atoms with Crippen LogP contribution in [0.1, 0.15) is 13.8 Å². The van der Waals surface area contributed by atoms with Crippen LogP contribution in [-0.4, -0.2) is 52.0 Å². The van der Waals surface area contributed by atoms with Crippen LogP contribution in [0.25, 0.3) is 0 Å². The topological polar surface area (TPSA) is 64.7 Å². The lowest BCUT2D eigenvalue weighted by molar-refractivity contribution is 0.362. The van der Waals surface area contributed by atoms with Crippen molar-refractivity contribution in [2.75, 3.05) is 48.9 Å². The molecule has 2 N–H and O–H groups in total. The molecule has 1 aliphatic rings. The van der Waals surface area contributed by atoms with Gasteiger partial charge in [-0.15, -0.1) is 0 Å². The van der Waals surface area contributed by atoms with E-state index in [9.17, 15) is 8.42 Å². The SMILES string of the molecule is CCN(CC)c1ccc(NS(=O)(=O)N2CCNCC2)cc1. The third kappa shape index (κ3) is 4.09. The highest BCUT2D eigenvalue weighted by molar-refractivity contribution is 7.90. The van der Waals surface area contributed by atoms with E-state index in [1.165, 1.54) is 4.31 Å². The van der Waals surface area contributed by atoms with E-state index in [0.29, 0.717) is 31.9 Å². The zero-order chi connectivity index (χ0) is 15.3. The molecule has 0 radical (unpaired) electrons. The Morgan fingerprint density at radius 2 is 1.71 bits per heavy atom. The van der Waals surface area contributed by atoms with Crippen LogP contribution in [-0.2, 0) is 10.2 Å². The molecule has 1 heterocycles. The van der Waals surface area contributed by atoms with Gasteiger partial charge in [0.1, 0.15) is 0 Å². The van der Waals surface area contributed by atoms with E-state index in [2.05, 4.69) is 28.8 Å². The van der Waals surface area contributed by atoms with Gasteiger partial charge in [0.05, 0.1) is 0 Å². The standard InChI is InChI=1S/C14H24N4O2S/c1-3-17(4-2)14-7-5-13(6-8-14)16-21(19,20)18-11-9-15-10-12-18/h5-8,15-16H,3-4,9-12H2,1-2H3. The first-order valence-corrected chi connectivity index (χ1v) is 8.84. The molecule has 0 unspecified atom stereocenters. The molecular weight excluding hydrogens is 288 g/mol. The Labute approximate surface area is 127 Å². The Bertz CT molecular complexity index is 535. The second-order valence-electron chi connectivity index (χ2n) is 4.98. The number of nitrogens with one attached hydrogen (secondary N) is 2. The van der Waals surface area contributed by atoms with E-state index < -0.39 is 10.2 Å². The molecule has 0 bridgehead atoms. The van der Waals surface area contributed by atoms with Crippen LogP contribution in [0.15, 0.2) is 24.3 Å². The van der Waals surface area contributed by atoms with Crippen molar-refractivity contribution in [1.29, 1.82) is 0 Å². The largest absolute Gasteiger partial charge is 0.372 e. The zero-order valence-corrected chi connectivity index (χ0v) is 13.5. The fourth-order valence-electron chi connectivity index (χ4n) is 2.43. The van der Waals surface area contributed by atoms with Gasteiger partial charge in [-0.3, -0.25) is 4.72 Å². The average Bonchev–Trinajstić information content (AvgIpc) is 2.51. The number of piperazine rings is 1. The van der Waals surface area contributed by atoms with Crippen LogP contribution in [0.3, 0.4) is 0 Å². The second kappa shape index (κ2) is 7.11. The van der Waals surface area contributed by atoms with Gasteiger partial charge in [0.25, 0.3) is 0 Å². The van der Waals surface area contributed by atoms with E-state index in [4.69, 9.17) is 0 Å². The fraction of sp³-hybridized carbons (Fsp3) is 0.571. The quantitative estimate of drug-likeness (QED) is 0.825. The number of rotatable bonds is 6. The molecular formula is C14H24N4O2S. The molecule has 0 aliphatic carbocycles. The lowest BCUT2D eigenvalue weighted by Crippen LogP contribution is -2.48. The summed E-state index contributed by atoms with van der Waals surface area (Å²) in [5.74, 6) is 0. The molecule has 7 heteroatoms. The Balaban J connectivity index is 2.05. The first kappa shape index (κ1) is 16.1. The number of hydrogen-bond donors (Lipinski definition) is 2. The predicted molar refractivity (Wildman–Crippen MR) is 87.0 cm³/mol. The van der Waals surface area contributed by atoms with Crippen LogP contribution < -0.4 is 14.9 Å². The van der Waals surface area contributed by atoms with Gasteiger partial charge in [-0.2, -0.15) is 12.7 Å². The first-order valence-electron chi connectivity index (χ1n) is 7.40. The molecule has 2 rings (SSSR count). The highest BCUT2D eigenvalue weighted by Crippen LogP contribution is 2.19. The summed E-state index contributed by atoms with van der Waals surface area (Å²) < 4.78 is 28.6. The third-order valence-electron chi connectivity index (χ3n) is 3.66. The molecule has 0 atom stereocenters. The highest BCUT2D eigenvalue weighted by atomic mass is 32.2. The summed E-state index contributed by atoms with van der Waals surface area (Å²) in [4.78, 5) is 2.22. The maximum atomic E-state index is 12.3. The summed E-state index contributed by atoms with van der Waals surface area (Å²) in [6.45, 7) is 8.48. The van der Waals surface area contributed by atoms with Crippen molar-refractivity contribution in [2.45, 2.75) is 13.8 Å². The lowest BCUT2D eigenvalue weighted by Gasteiger charge is -2.27. The average molecular weight is 312 g/mol. The molecule has 0 amide bonds. The molecule has 0 saturated carbocycles. The minimum absolute atomic E-state index is 0.507. The van der Waals surface area contributed by atoms with Gasteiger partial charge in [-0.05, 0) is 38.1 Å². The maximum absolute atomic E-state index is 12.3. The summed E-state index contributed by atoms with van der Waals surface area (Å²) in [5, 5.41) is 3.14. The van der Waals surface area contributed by atoms with E-state index in [-0.39, 0.29) is 0 Å². The smallest absolute Gasteiger partial charge is 0.301 e. The minimum atomic E-state index is -3.45. The van der Waals surface area contributed by atoms with Crippen molar-refractivity contribution >= 4 is 21.6 Å². The van der Waals surface area contributed by atoms with E-state index in [0.717, 1.165) is 18.8 Å². The molecule has 0 spiro atoms. The van der Waals surface area contributed by atoms with E-state index in [1.807, 2.05) is 24.3 Å². The number of benzene rings is 1. The highest BCUT2D eigenvalue weighted by Gasteiger charge is 2.23. The van der Waals surface area contributed by atoms with Crippen LogP contribution >= 0.6 is 0 Å². The van der Waals surface area contributed by atoms with Gasteiger partial charge < -0.3 is 10.2 Å². The van der Waals surface area contributed by atoms with Crippen LogP contribution in [0.5, 0.6) is 0 Å². The molecule has 1 fully saturated rings. The molecule has 0 aromatic heterocycles. The summed E-state index contributed by atoms with van der Waals surface area (Å²) >= 11 is 0. The van der Waals surface area contributed by atoms with Crippen molar-refractivity contribution < 1.29 is 8.42 Å². The predicted octanol–water partition coefficient (Wildman–Crippen LogP) is 1.09. The van der Waals surface area contributed by atoms with Gasteiger partial charge >= 0.3 is 10.2 Å². The Hall–Kier alpha value is -1.31. The summed E-state index contributed by atoms with van der Waals surface area (Å²) in [5.41, 5.74) is 1.70. The Morgan fingerprint density at radius 1 is 1.14 bits per heavy atom. The number of nitrogens with zero attached hydrogens (tertiary/aromatic N) is 2. The summed E-state index contributed by atoms with van der Waals surface area (Å²) in [6, 6.07) is 7.52. The second-order valence-corrected chi connectivity index (χ2v) is 6.65. The van der Waals surface area contributed by atoms with Gasteiger partial charge in [0.2, 0.25) is 0 Å². The maximum Gasteiger partial charge on any atom is 0.301 e. The van der Waals surface area contributed by atoms with E-state index >= 15 is 0 Å². The molecule has 21 heavy (non-hydrogen) atoms. The van der Waals surface area contributed by atoms with Crippen molar-refractivity contribution in [3.05, 3.63) is 24.3 Å². The van der Waals surface area contributed by atoms with Gasteiger partial charge in [0, 0.05) is 50.6 Å². The van der Waals surface area contributed by atoms with Crippen LogP contribution in [0, 0.1) is 0 Å². The van der Waals surface area contributed by atoms with Crippen LogP contribution in [0.4, 0.5) is 11.4 Å². The van der Waals surface area contributed by atoms with Crippen LogP contribution in [0.2, 0.25) is 0 Å². The zero-order valence-electron chi connectivity index (χ0n) is 12.7. The van der Waals surface area contributed by atoms with Crippen molar-refractivity contribution in [3.8, 4) is 0 Å². The third-order valence-corrected chi connectivity index (χ3v) is 5.20. The first-order chi connectivity index (χ1) is 10.1. The summed E-state index contributed by atoms with van der Waals surface area (Å²) in [7, 11) is -3.45. The monoisotopic (exact) mass is 312 g/mol. The molecule has 1 aromatic rings. The summed E-state index contributed by atoms with van der Waals surface area (Å²) in [6.07, 6.45) is 0. The molecule has 118 valence electrons. The van der Waals surface area contributed by atoms with Gasteiger partial charge in [-0.25, -0.2) is 0 Å². The Morgan fingerprint density at radius 3 is 2.24 bits per heavy atom. The molecule has 1 aliphatic heterocycles. The van der Waals surface area contributed by atoms with Crippen molar-refractivity contribution in [3.63, 3.8) is 0 Å². The van der Waals surface area contributed by atoms with Gasteiger partial charge in [-0.1, -0.05) is 0 Å². The normalized spacial score (nSPS) is 16.7. The molecule has 6 nitrogen and oxygen atoms in total. The number of anilines is 2. The molecule has 1 aromatic carbocycles. The van der Waals surface area contributed by atoms with E-state index in [1.54, 1.807) is 0 Å². The van der Waals surface area contributed by atoms with Crippen molar-refractivity contribution in [2.24, 2.45) is 0 Å². The molecule has 1 saturated heterocycles. The van der Waals surface area contributed by atoms with Crippen molar-refractivity contribution in [1.82, 2.24) is 9.62 Å². The minimum Gasteiger partial charge on any atom is -0.372 e. The Kier molecular flexibility index (Phi) is 5.44. The lowest BCUT2D eigenvalue weighted by atomic mass is 10.2. The fourth-order valence-corrected chi connectivity index (χ4v) is 3.65. The van der Waals surface area contributed by atoms with Gasteiger partial charge in [0.15, 0.2) is 0 Å². The number of hydrogen-bond acceptors (Lipinski definition) is 4.